The molecule has 3 heteroatoms. The highest BCUT2D eigenvalue weighted by atomic mass is 16.5. The van der Waals surface area contributed by atoms with Gasteiger partial charge >= 0.3 is 0 Å². The third-order valence-corrected chi connectivity index (χ3v) is 0.980. The van der Waals surface area contributed by atoms with Crippen LogP contribution in [0, 0.1) is 0 Å². The SMILES string of the molecule is COCC(N)CN(C)C. The average Bonchev–Trinajstić information content (AvgIpc) is 1.63. The van der Waals surface area contributed by atoms with Gasteiger partial charge in [-0.3, -0.25) is 0 Å². The van der Waals surface area contributed by atoms with Crippen LogP contribution in [0.15, 0.2) is 0 Å². The van der Waals surface area contributed by atoms with Gasteiger partial charge in [-0.25, -0.2) is 0 Å². The second-order valence-corrected chi connectivity index (χ2v) is 2.48. The van der Waals surface area contributed by atoms with Crippen molar-refractivity contribution in [3.8, 4) is 0 Å². The molecule has 0 saturated carbocycles. The molecule has 0 rings (SSSR count). The fraction of sp³-hybridized carbons (Fsp3) is 1.00. The van der Waals surface area contributed by atoms with Crippen molar-refractivity contribution in [2.45, 2.75) is 6.04 Å². The molecule has 3 nitrogen and oxygen atoms in total. The first-order chi connectivity index (χ1) is 4.16. The summed E-state index contributed by atoms with van der Waals surface area (Å²) in [5.41, 5.74) is 5.62. The van der Waals surface area contributed by atoms with Crippen LogP contribution in [0.3, 0.4) is 0 Å². The lowest BCUT2D eigenvalue weighted by atomic mass is 10.3. The van der Waals surface area contributed by atoms with E-state index >= 15 is 0 Å². The summed E-state index contributed by atoms with van der Waals surface area (Å²) in [6.45, 7) is 1.52. The Kier molecular flexibility index (Phi) is 4.67. The molecule has 0 spiro atoms. The molecule has 0 bridgehead atoms. The van der Waals surface area contributed by atoms with Gasteiger partial charge in [0, 0.05) is 19.7 Å². The summed E-state index contributed by atoms with van der Waals surface area (Å²) in [5, 5.41) is 0. The molecule has 0 heterocycles. The van der Waals surface area contributed by atoms with Crippen molar-refractivity contribution in [2.24, 2.45) is 5.73 Å². The van der Waals surface area contributed by atoms with Crippen LogP contribution in [0.2, 0.25) is 0 Å². The van der Waals surface area contributed by atoms with E-state index in [9.17, 15) is 0 Å². The molecule has 0 aromatic heterocycles. The van der Waals surface area contributed by atoms with Crippen LogP contribution >= 0.6 is 0 Å². The van der Waals surface area contributed by atoms with Crippen LogP contribution in [0.5, 0.6) is 0 Å². The van der Waals surface area contributed by atoms with E-state index in [0.717, 1.165) is 6.54 Å². The van der Waals surface area contributed by atoms with E-state index in [1.807, 2.05) is 19.0 Å². The lowest BCUT2D eigenvalue weighted by Crippen LogP contribution is -2.36. The van der Waals surface area contributed by atoms with Gasteiger partial charge in [-0.1, -0.05) is 0 Å². The Morgan fingerprint density at radius 3 is 2.44 bits per heavy atom. The molecular formula is C6H16N2O. The Morgan fingerprint density at radius 2 is 2.11 bits per heavy atom. The van der Waals surface area contributed by atoms with E-state index in [-0.39, 0.29) is 6.04 Å². The summed E-state index contributed by atoms with van der Waals surface area (Å²) in [6.07, 6.45) is 0. The van der Waals surface area contributed by atoms with Gasteiger partial charge in [0.05, 0.1) is 6.61 Å². The molecule has 56 valence electrons. The molecular weight excluding hydrogens is 116 g/mol. The minimum absolute atomic E-state index is 0.144. The number of hydrogen-bond donors (Lipinski definition) is 1. The fourth-order valence-corrected chi connectivity index (χ4v) is 0.736. The minimum atomic E-state index is 0.144. The minimum Gasteiger partial charge on any atom is -0.383 e. The topological polar surface area (TPSA) is 38.5 Å². The molecule has 0 aliphatic heterocycles. The van der Waals surface area contributed by atoms with Crippen molar-refractivity contribution < 1.29 is 4.74 Å². The molecule has 0 aliphatic rings. The van der Waals surface area contributed by atoms with Gasteiger partial charge in [0.15, 0.2) is 0 Å². The fourth-order valence-electron chi connectivity index (χ4n) is 0.736. The normalized spacial score (nSPS) is 14.3. The molecule has 0 fully saturated rings. The Balaban J connectivity index is 3.15. The second kappa shape index (κ2) is 4.73. The molecule has 0 aliphatic carbocycles. The summed E-state index contributed by atoms with van der Waals surface area (Å²) in [5.74, 6) is 0. The molecule has 0 saturated heterocycles. The molecule has 1 atom stereocenters. The number of methoxy groups -OCH3 is 1. The zero-order chi connectivity index (χ0) is 7.28. The maximum Gasteiger partial charge on any atom is 0.0626 e. The van der Waals surface area contributed by atoms with Gasteiger partial charge in [-0.05, 0) is 14.1 Å². The van der Waals surface area contributed by atoms with E-state index in [1.54, 1.807) is 7.11 Å². The van der Waals surface area contributed by atoms with Crippen molar-refractivity contribution in [1.29, 1.82) is 0 Å². The van der Waals surface area contributed by atoms with Crippen molar-refractivity contribution in [3.05, 3.63) is 0 Å². The van der Waals surface area contributed by atoms with E-state index in [0.29, 0.717) is 6.61 Å². The summed E-state index contributed by atoms with van der Waals surface area (Å²) < 4.78 is 4.85. The highest BCUT2D eigenvalue weighted by molar-refractivity contribution is 4.61. The quantitative estimate of drug-likeness (QED) is 0.561. The number of likely N-dealkylation sites (N-methyl/N-ethyl adjacent to an activating group) is 1. The smallest absolute Gasteiger partial charge is 0.0626 e. The van der Waals surface area contributed by atoms with Gasteiger partial charge < -0.3 is 15.4 Å². The number of nitrogens with zero attached hydrogens (tertiary/aromatic N) is 1. The first kappa shape index (κ1) is 8.88. The highest BCUT2D eigenvalue weighted by Crippen LogP contribution is 1.81. The summed E-state index contributed by atoms with van der Waals surface area (Å²) in [7, 11) is 5.65. The molecule has 9 heavy (non-hydrogen) atoms. The Labute approximate surface area is 56.8 Å². The van der Waals surface area contributed by atoms with E-state index in [1.165, 1.54) is 0 Å². The zero-order valence-electron chi connectivity index (χ0n) is 6.42. The maximum absolute atomic E-state index is 5.62. The van der Waals surface area contributed by atoms with Crippen LogP contribution in [0.4, 0.5) is 0 Å². The Morgan fingerprint density at radius 1 is 1.56 bits per heavy atom. The lowest BCUT2D eigenvalue weighted by Gasteiger charge is -2.15. The average molecular weight is 132 g/mol. The van der Waals surface area contributed by atoms with Crippen molar-refractivity contribution in [2.75, 3.05) is 34.4 Å². The zero-order valence-corrected chi connectivity index (χ0v) is 6.42. The summed E-state index contributed by atoms with van der Waals surface area (Å²) in [4.78, 5) is 2.05. The maximum atomic E-state index is 5.62. The van der Waals surface area contributed by atoms with E-state index < -0.39 is 0 Å². The molecule has 1 unspecified atom stereocenters. The number of hydrogen-bond acceptors (Lipinski definition) is 3. The third kappa shape index (κ3) is 5.76. The predicted molar refractivity (Wildman–Crippen MR) is 38.4 cm³/mol. The molecule has 0 aromatic rings. The standard InChI is InChI=1S/C6H16N2O/c1-8(2)4-6(7)5-9-3/h6H,4-5,7H2,1-3H3. The van der Waals surface area contributed by atoms with Gasteiger partial charge in [-0.15, -0.1) is 0 Å². The predicted octanol–water partition coefficient (Wildman–Crippen LogP) is -0.478. The molecule has 0 amide bonds. The van der Waals surface area contributed by atoms with Crippen LogP contribution < -0.4 is 5.73 Å². The molecule has 2 N–H and O–H groups in total. The number of nitrogens with two attached hydrogens (primary N) is 1. The van der Waals surface area contributed by atoms with Crippen LogP contribution in [-0.2, 0) is 4.74 Å². The summed E-state index contributed by atoms with van der Waals surface area (Å²) in [6, 6.07) is 0.144. The largest absolute Gasteiger partial charge is 0.383 e. The van der Waals surface area contributed by atoms with Crippen LogP contribution in [-0.4, -0.2) is 45.3 Å². The third-order valence-electron chi connectivity index (χ3n) is 0.980. The van der Waals surface area contributed by atoms with Gasteiger partial charge in [-0.2, -0.15) is 0 Å². The first-order valence-electron chi connectivity index (χ1n) is 3.06. The van der Waals surface area contributed by atoms with Crippen molar-refractivity contribution in [1.82, 2.24) is 4.90 Å². The van der Waals surface area contributed by atoms with Crippen LogP contribution in [0.25, 0.3) is 0 Å². The molecule has 0 radical (unpaired) electrons. The van der Waals surface area contributed by atoms with Gasteiger partial charge in [0.2, 0.25) is 0 Å². The lowest BCUT2D eigenvalue weighted by molar-refractivity contribution is 0.167. The van der Waals surface area contributed by atoms with E-state index in [2.05, 4.69) is 0 Å². The van der Waals surface area contributed by atoms with Crippen molar-refractivity contribution >= 4 is 0 Å². The van der Waals surface area contributed by atoms with Gasteiger partial charge in [0.1, 0.15) is 0 Å². The highest BCUT2D eigenvalue weighted by Gasteiger charge is 2.00. The first-order valence-corrected chi connectivity index (χ1v) is 3.06. The van der Waals surface area contributed by atoms with E-state index in [4.69, 9.17) is 10.5 Å². The van der Waals surface area contributed by atoms with Crippen molar-refractivity contribution in [3.63, 3.8) is 0 Å². The summed E-state index contributed by atoms with van der Waals surface area (Å²) >= 11 is 0. The van der Waals surface area contributed by atoms with Gasteiger partial charge in [0.25, 0.3) is 0 Å². The second-order valence-electron chi connectivity index (χ2n) is 2.48. The number of ether oxygens (including phenoxy) is 1. The van der Waals surface area contributed by atoms with Crippen LogP contribution in [0.1, 0.15) is 0 Å². The monoisotopic (exact) mass is 132 g/mol. The molecule has 0 aromatic carbocycles. The number of rotatable bonds is 4. The Hall–Kier alpha value is -0.120. The Bertz CT molecular complexity index is 66.1.